The third-order valence-electron chi connectivity index (χ3n) is 11.5. The number of quaternary nitrogens is 1. The van der Waals surface area contributed by atoms with Crippen LogP contribution in [0.1, 0.15) is 206 Å². The first-order valence-corrected chi connectivity index (χ1v) is 29.7. The standard InChI is InChI=1S/C62H104NO8P/c1-6-8-10-12-14-16-18-20-22-24-25-26-27-28-29-30-31-32-33-34-35-36-37-39-41-43-45-47-49-51-53-55-62(65)71-60(59-70-72(66,67)69-57-56-63(3,4)5)58-68-61(64)54-52-50-48-46-44-42-40-38-23-21-19-17-15-13-11-9-7-2/h8-11,14-17,20-23,25-26,28-29,31-32,40,42,60H,6-7,12-13,18-19,24,27,30,33-39,41,43-59H2,1-5H3/b10-8-,11-9-,16-14-,17-15-,22-20-,23-21-,26-25-,29-28-,32-31-,42-40-. The Labute approximate surface area is 441 Å². The smallest absolute Gasteiger partial charge is 0.306 e. The molecule has 2 unspecified atom stereocenters. The molecule has 72 heavy (non-hydrogen) atoms. The minimum Gasteiger partial charge on any atom is -0.756 e. The minimum absolute atomic E-state index is 0.0417. The summed E-state index contributed by atoms with van der Waals surface area (Å²) in [6.45, 7) is 3.96. The van der Waals surface area contributed by atoms with Crippen molar-refractivity contribution < 1.29 is 42.1 Å². The molecule has 0 aromatic rings. The molecule has 0 bridgehead atoms. The summed E-state index contributed by atoms with van der Waals surface area (Å²) in [5.41, 5.74) is 0. The zero-order valence-electron chi connectivity index (χ0n) is 46.3. The first kappa shape index (κ1) is 68.4. The van der Waals surface area contributed by atoms with Gasteiger partial charge in [-0.2, -0.15) is 0 Å². The van der Waals surface area contributed by atoms with E-state index < -0.39 is 32.5 Å². The van der Waals surface area contributed by atoms with Gasteiger partial charge in [0.1, 0.15) is 19.8 Å². The lowest BCUT2D eigenvalue weighted by Gasteiger charge is -2.28. The molecular weight excluding hydrogens is 918 g/mol. The fraction of sp³-hybridized carbons (Fsp3) is 0.645. The SMILES string of the molecule is CC/C=C\C/C=C\C/C=C\C/C=C\C/C=C\C/C=C\CCCCCCCCCCCCCCC(=O)OC(COC(=O)CCCCCC/C=C\C/C=C\C/C=C\C/C=C\CC)COP(=O)([O-])OCC[N+](C)(C)C. The second kappa shape index (κ2) is 52.3. The molecule has 2 atom stereocenters. The number of ether oxygens (including phenoxy) is 2. The predicted octanol–water partition coefficient (Wildman–Crippen LogP) is 17.0. The van der Waals surface area contributed by atoms with Crippen LogP contribution in [0.2, 0.25) is 0 Å². The maximum Gasteiger partial charge on any atom is 0.306 e. The van der Waals surface area contributed by atoms with E-state index in [1.807, 2.05) is 21.1 Å². The summed E-state index contributed by atoms with van der Waals surface area (Å²) in [5.74, 6) is -0.871. The van der Waals surface area contributed by atoms with Gasteiger partial charge in [-0.25, -0.2) is 0 Å². The molecule has 0 radical (unpaired) electrons. The number of rotatable bonds is 50. The Morgan fingerprint density at radius 3 is 1.11 bits per heavy atom. The van der Waals surface area contributed by atoms with Crippen molar-refractivity contribution in [2.24, 2.45) is 0 Å². The van der Waals surface area contributed by atoms with Gasteiger partial charge in [0.25, 0.3) is 7.82 Å². The molecule has 0 heterocycles. The third-order valence-corrected chi connectivity index (χ3v) is 12.4. The van der Waals surface area contributed by atoms with Gasteiger partial charge in [0.05, 0.1) is 27.7 Å². The molecule has 410 valence electrons. The van der Waals surface area contributed by atoms with E-state index in [2.05, 4.69) is 135 Å². The topological polar surface area (TPSA) is 111 Å². The Kier molecular flexibility index (Phi) is 49.7. The molecule has 0 amide bonds. The lowest BCUT2D eigenvalue weighted by atomic mass is 10.0. The Balaban J connectivity index is 4.19. The van der Waals surface area contributed by atoms with Crippen molar-refractivity contribution in [3.8, 4) is 0 Å². The highest BCUT2D eigenvalue weighted by molar-refractivity contribution is 7.45. The molecule has 0 saturated carbocycles. The average molecular weight is 1020 g/mol. The molecule has 0 aromatic heterocycles. The van der Waals surface area contributed by atoms with Crippen LogP contribution in [-0.2, 0) is 32.7 Å². The Morgan fingerprint density at radius 1 is 0.431 bits per heavy atom. The average Bonchev–Trinajstić information content (AvgIpc) is 3.34. The van der Waals surface area contributed by atoms with Crippen LogP contribution in [0.5, 0.6) is 0 Å². The largest absolute Gasteiger partial charge is 0.756 e. The molecule has 10 heteroatoms. The predicted molar refractivity (Wildman–Crippen MR) is 305 cm³/mol. The molecule has 0 aromatic carbocycles. The molecule has 0 aliphatic rings. The Bertz CT molecular complexity index is 1630. The summed E-state index contributed by atoms with van der Waals surface area (Å²) in [6, 6.07) is 0. The molecule has 9 nitrogen and oxygen atoms in total. The van der Waals surface area contributed by atoms with E-state index in [1.165, 1.54) is 57.8 Å². The van der Waals surface area contributed by atoms with Crippen molar-refractivity contribution in [2.75, 3.05) is 47.5 Å². The second-order valence-electron chi connectivity index (χ2n) is 19.5. The molecule has 0 aliphatic heterocycles. The number of hydrogen-bond donors (Lipinski definition) is 0. The summed E-state index contributed by atoms with van der Waals surface area (Å²) in [7, 11) is 1.13. The number of phosphoric ester groups is 1. The highest BCUT2D eigenvalue weighted by Gasteiger charge is 2.21. The number of hydrogen-bond acceptors (Lipinski definition) is 8. The number of carbonyl (C=O) groups excluding carboxylic acids is 2. The number of phosphoric acid groups is 1. The van der Waals surface area contributed by atoms with E-state index in [4.69, 9.17) is 18.5 Å². The second-order valence-corrected chi connectivity index (χ2v) is 20.9. The van der Waals surface area contributed by atoms with Gasteiger partial charge >= 0.3 is 11.9 Å². The van der Waals surface area contributed by atoms with Crippen LogP contribution in [0, 0.1) is 0 Å². The molecule has 0 rings (SSSR count). The van der Waals surface area contributed by atoms with Crippen LogP contribution in [0.15, 0.2) is 122 Å². The van der Waals surface area contributed by atoms with Gasteiger partial charge in [0.15, 0.2) is 6.10 Å². The third kappa shape index (κ3) is 55.7. The van der Waals surface area contributed by atoms with Crippen molar-refractivity contribution in [1.82, 2.24) is 0 Å². The highest BCUT2D eigenvalue weighted by atomic mass is 31.2. The van der Waals surface area contributed by atoms with Gasteiger partial charge in [0, 0.05) is 12.8 Å². The maximum absolute atomic E-state index is 12.8. The normalized spacial score (nSPS) is 14.2. The summed E-state index contributed by atoms with van der Waals surface area (Å²) >= 11 is 0. The van der Waals surface area contributed by atoms with Crippen molar-refractivity contribution in [1.29, 1.82) is 0 Å². The molecule has 0 saturated heterocycles. The van der Waals surface area contributed by atoms with Gasteiger partial charge in [0.2, 0.25) is 0 Å². The minimum atomic E-state index is -4.65. The van der Waals surface area contributed by atoms with Crippen molar-refractivity contribution in [2.45, 2.75) is 213 Å². The van der Waals surface area contributed by atoms with Crippen molar-refractivity contribution in [3.63, 3.8) is 0 Å². The molecule has 0 spiro atoms. The van der Waals surface area contributed by atoms with Gasteiger partial charge in [-0.1, -0.05) is 212 Å². The quantitative estimate of drug-likeness (QED) is 0.0195. The number of nitrogens with zero attached hydrogens (tertiary/aromatic N) is 1. The van der Waals surface area contributed by atoms with Crippen LogP contribution in [0.3, 0.4) is 0 Å². The Hall–Kier alpha value is -3.59. The lowest BCUT2D eigenvalue weighted by molar-refractivity contribution is -0.870. The highest BCUT2D eigenvalue weighted by Crippen LogP contribution is 2.38. The van der Waals surface area contributed by atoms with Crippen LogP contribution in [-0.4, -0.2) is 70.0 Å². The molecular formula is C62H104NO8P. The summed E-state index contributed by atoms with van der Waals surface area (Å²) in [4.78, 5) is 37.8. The monoisotopic (exact) mass is 1020 g/mol. The number of likely N-dealkylation sites (N-methyl/N-ethyl adjacent to an activating group) is 1. The molecule has 0 aliphatic carbocycles. The van der Waals surface area contributed by atoms with E-state index in [-0.39, 0.29) is 26.1 Å². The van der Waals surface area contributed by atoms with Gasteiger partial charge in [-0.05, 0) is 103 Å². The van der Waals surface area contributed by atoms with Crippen LogP contribution in [0.25, 0.3) is 0 Å². The number of carbonyl (C=O) groups is 2. The Morgan fingerprint density at radius 2 is 0.750 bits per heavy atom. The van der Waals surface area contributed by atoms with E-state index >= 15 is 0 Å². The van der Waals surface area contributed by atoms with Gasteiger partial charge in [-0.15, -0.1) is 0 Å². The van der Waals surface area contributed by atoms with E-state index in [0.29, 0.717) is 23.9 Å². The number of esters is 2. The maximum atomic E-state index is 12.8. The molecule has 0 fully saturated rings. The lowest BCUT2D eigenvalue weighted by Crippen LogP contribution is -2.37. The van der Waals surface area contributed by atoms with Gasteiger partial charge in [-0.3, -0.25) is 14.2 Å². The first-order chi connectivity index (χ1) is 35.0. The van der Waals surface area contributed by atoms with E-state index in [0.717, 1.165) is 109 Å². The van der Waals surface area contributed by atoms with Gasteiger partial charge < -0.3 is 27.9 Å². The van der Waals surface area contributed by atoms with E-state index in [1.54, 1.807) is 0 Å². The fourth-order valence-electron chi connectivity index (χ4n) is 7.18. The zero-order valence-corrected chi connectivity index (χ0v) is 47.2. The van der Waals surface area contributed by atoms with Crippen LogP contribution in [0.4, 0.5) is 0 Å². The van der Waals surface area contributed by atoms with Crippen LogP contribution >= 0.6 is 7.82 Å². The fourth-order valence-corrected chi connectivity index (χ4v) is 7.91. The number of unbranched alkanes of at least 4 members (excludes halogenated alkanes) is 16. The summed E-state index contributed by atoms with van der Waals surface area (Å²) in [6.07, 6.45) is 73.8. The molecule has 0 N–H and O–H groups in total. The first-order valence-electron chi connectivity index (χ1n) is 28.2. The zero-order chi connectivity index (χ0) is 52.7. The van der Waals surface area contributed by atoms with Crippen molar-refractivity contribution >= 4 is 19.8 Å². The van der Waals surface area contributed by atoms with E-state index in [9.17, 15) is 19.0 Å². The summed E-state index contributed by atoms with van der Waals surface area (Å²) in [5, 5.41) is 0. The number of allylic oxidation sites excluding steroid dienone is 20. The van der Waals surface area contributed by atoms with Crippen LogP contribution < -0.4 is 4.89 Å². The summed E-state index contributed by atoms with van der Waals surface area (Å²) < 4.78 is 34.1. The van der Waals surface area contributed by atoms with Crippen molar-refractivity contribution in [3.05, 3.63) is 122 Å².